The molecule has 184 valence electrons. The number of benzene rings is 2. The predicted octanol–water partition coefficient (Wildman–Crippen LogP) is 3.44. The van der Waals surface area contributed by atoms with Crippen molar-refractivity contribution in [3.05, 3.63) is 59.7 Å². The number of carboxylic acids is 1. The van der Waals surface area contributed by atoms with Crippen molar-refractivity contribution in [2.24, 2.45) is 5.92 Å². The average Bonchev–Trinajstić information content (AvgIpc) is 3.56. The molecule has 1 unspecified atom stereocenters. The van der Waals surface area contributed by atoms with E-state index in [4.69, 9.17) is 9.47 Å². The van der Waals surface area contributed by atoms with Crippen molar-refractivity contribution in [3.63, 3.8) is 0 Å². The number of ether oxygens (including phenoxy) is 2. The molecule has 3 atom stereocenters. The molecule has 2 fully saturated rings. The van der Waals surface area contributed by atoms with Crippen molar-refractivity contribution in [1.29, 1.82) is 0 Å². The lowest BCUT2D eigenvalue weighted by molar-refractivity contribution is -0.147. The number of carbonyl (C=O) groups excluding carboxylic acids is 2. The number of alkyl carbamates (subject to hydrolysis) is 1. The molecule has 3 N–H and O–H groups in total. The maximum absolute atomic E-state index is 12.6. The van der Waals surface area contributed by atoms with E-state index in [2.05, 4.69) is 34.9 Å². The highest BCUT2D eigenvalue weighted by atomic mass is 16.5. The highest BCUT2D eigenvalue weighted by molar-refractivity contribution is 5.87. The van der Waals surface area contributed by atoms with Crippen LogP contribution in [0.1, 0.15) is 49.1 Å². The first-order valence-electron chi connectivity index (χ1n) is 12.2. The molecule has 0 bridgehead atoms. The van der Waals surface area contributed by atoms with Crippen molar-refractivity contribution >= 4 is 18.0 Å². The summed E-state index contributed by atoms with van der Waals surface area (Å²) in [6.45, 7) is 0.574. The largest absolute Gasteiger partial charge is 0.479 e. The summed E-state index contributed by atoms with van der Waals surface area (Å²) in [5.41, 5.74) is 3.38. The summed E-state index contributed by atoms with van der Waals surface area (Å²) in [7, 11) is 0. The Hall–Kier alpha value is -3.39. The number of hydrogen-bond acceptors (Lipinski definition) is 5. The molecule has 1 heterocycles. The number of carboxylic acid groups (broad SMARTS) is 1. The maximum atomic E-state index is 12.6. The van der Waals surface area contributed by atoms with E-state index in [1.165, 1.54) is 22.3 Å². The molecule has 3 aliphatic rings. The molecule has 1 aliphatic heterocycles. The number of amides is 2. The molecule has 1 saturated heterocycles. The molecule has 0 radical (unpaired) electrons. The van der Waals surface area contributed by atoms with Gasteiger partial charge in [0.2, 0.25) is 5.91 Å². The fourth-order valence-electron chi connectivity index (χ4n) is 5.66. The van der Waals surface area contributed by atoms with E-state index in [1.54, 1.807) is 0 Å². The minimum atomic E-state index is -1.32. The molecule has 0 spiro atoms. The Morgan fingerprint density at radius 2 is 1.71 bits per heavy atom. The fraction of sp³-hybridized carbons (Fsp3) is 0.444. The summed E-state index contributed by atoms with van der Waals surface area (Å²) in [6.07, 6.45) is 2.26. The molecule has 1 saturated carbocycles. The van der Waals surface area contributed by atoms with Gasteiger partial charge in [0.1, 0.15) is 6.61 Å². The number of carbonyl (C=O) groups is 3. The summed E-state index contributed by atoms with van der Waals surface area (Å²) in [5, 5.41) is 15.1. The van der Waals surface area contributed by atoms with Crippen LogP contribution in [-0.4, -0.2) is 54.5 Å². The number of aliphatic carboxylic acids is 1. The van der Waals surface area contributed by atoms with Gasteiger partial charge in [-0.05, 0) is 47.4 Å². The van der Waals surface area contributed by atoms with E-state index in [-0.39, 0.29) is 49.8 Å². The van der Waals surface area contributed by atoms with Gasteiger partial charge in [-0.3, -0.25) is 4.79 Å². The third-order valence-electron chi connectivity index (χ3n) is 7.49. The van der Waals surface area contributed by atoms with Gasteiger partial charge in [0.05, 0.1) is 6.61 Å². The van der Waals surface area contributed by atoms with Crippen LogP contribution in [-0.2, 0) is 19.1 Å². The second-order valence-electron chi connectivity index (χ2n) is 9.79. The van der Waals surface area contributed by atoms with Crippen molar-refractivity contribution < 1.29 is 29.0 Å². The molecule has 2 aromatic rings. The van der Waals surface area contributed by atoms with Gasteiger partial charge in [0.25, 0.3) is 0 Å². The zero-order chi connectivity index (χ0) is 24.4. The molecule has 8 heteroatoms. The molecule has 8 nitrogen and oxygen atoms in total. The summed E-state index contributed by atoms with van der Waals surface area (Å²) < 4.78 is 10.8. The molecule has 0 aromatic heterocycles. The maximum Gasteiger partial charge on any atom is 0.407 e. The highest BCUT2D eigenvalue weighted by Gasteiger charge is 2.44. The summed E-state index contributed by atoms with van der Waals surface area (Å²) in [6, 6.07) is 16.3. The van der Waals surface area contributed by atoms with Gasteiger partial charge < -0.3 is 25.2 Å². The molecule has 5 rings (SSSR count). The van der Waals surface area contributed by atoms with Crippen molar-refractivity contribution in [2.45, 2.75) is 49.6 Å². The Bertz CT molecular complexity index is 1080. The van der Waals surface area contributed by atoms with E-state index in [0.29, 0.717) is 13.0 Å². The number of hydrogen-bond donors (Lipinski definition) is 3. The van der Waals surface area contributed by atoms with Crippen LogP contribution < -0.4 is 10.6 Å². The Morgan fingerprint density at radius 3 is 2.34 bits per heavy atom. The quantitative estimate of drug-likeness (QED) is 0.562. The minimum absolute atomic E-state index is 0.00861. The first-order valence-corrected chi connectivity index (χ1v) is 12.2. The van der Waals surface area contributed by atoms with Crippen LogP contribution in [0.5, 0.6) is 0 Å². The SMILES string of the molecule is O=C(C[C@H]1CC[C@@H](NC(=O)OCC2c3ccccc3-c3ccccc32)C1)NC1(C(=O)O)CCOC1. The van der Waals surface area contributed by atoms with Crippen LogP contribution in [0.25, 0.3) is 11.1 Å². The predicted molar refractivity (Wildman–Crippen MR) is 128 cm³/mol. The monoisotopic (exact) mass is 478 g/mol. The Balaban J connectivity index is 1.11. The zero-order valence-electron chi connectivity index (χ0n) is 19.5. The van der Waals surface area contributed by atoms with Crippen LogP contribution in [0.15, 0.2) is 48.5 Å². The van der Waals surface area contributed by atoms with Gasteiger partial charge in [-0.2, -0.15) is 0 Å². The molecule has 2 amide bonds. The van der Waals surface area contributed by atoms with E-state index in [1.807, 2.05) is 24.3 Å². The third kappa shape index (κ3) is 4.75. The molecule has 2 aromatic carbocycles. The van der Waals surface area contributed by atoms with Gasteiger partial charge in [-0.25, -0.2) is 9.59 Å². The third-order valence-corrected chi connectivity index (χ3v) is 7.49. The van der Waals surface area contributed by atoms with Gasteiger partial charge >= 0.3 is 12.1 Å². The van der Waals surface area contributed by atoms with E-state index in [0.717, 1.165) is 12.8 Å². The minimum Gasteiger partial charge on any atom is -0.479 e. The van der Waals surface area contributed by atoms with E-state index >= 15 is 0 Å². The molecule has 2 aliphatic carbocycles. The van der Waals surface area contributed by atoms with Gasteiger partial charge in [-0.15, -0.1) is 0 Å². The number of rotatable bonds is 7. The van der Waals surface area contributed by atoms with Crippen LogP contribution in [0.3, 0.4) is 0 Å². The Kier molecular flexibility index (Phi) is 6.47. The Morgan fingerprint density at radius 1 is 1.03 bits per heavy atom. The van der Waals surface area contributed by atoms with Crippen LogP contribution in [0, 0.1) is 5.92 Å². The van der Waals surface area contributed by atoms with Gasteiger partial charge in [0.15, 0.2) is 5.54 Å². The van der Waals surface area contributed by atoms with Gasteiger partial charge in [-0.1, -0.05) is 48.5 Å². The highest BCUT2D eigenvalue weighted by Crippen LogP contribution is 2.44. The van der Waals surface area contributed by atoms with Crippen molar-refractivity contribution in [1.82, 2.24) is 10.6 Å². The zero-order valence-corrected chi connectivity index (χ0v) is 19.5. The smallest absolute Gasteiger partial charge is 0.407 e. The first-order chi connectivity index (χ1) is 16.9. The number of fused-ring (bicyclic) bond motifs is 3. The lowest BCUT2D eigenvalue weighted by atomic mass is 9.97. The normalized spacial score (nSPS) is 25.0. The summed E-state index contributed by atoms with van der Waals surface area (Å²) in [5.74, 6) is -1.26. The van der Waals surface area contributed by atoms with Crippen LogP contribution in [0.4, 0.5) is 4.79 Å². The second-order valence-corrected chi connectivity index (χ2v) is 9.79. The number of nitrogens with one attached hydrogen (secondary N) is 2. The standard InChI is InChI=1S/C27H30N2O6/c30-24(29-27(25(31)32)11-12-34-16-27)14-17-9-10-18(13-17)28-26(33)35-15-23-21-7-3-1-5-19(21)20-6-2-4-8-22(20)23/h1-8,17-18,23H,9-16H2,(H,28,33)(H,29,30)(H,31,32)/t17-,18+,27?/m0/s1. The second kappa shape index (κ2) is 9.70. The Labute approximate surface area is 204 Å². The molecular formula is C27H30N2O6. The lowest BCUT2D eigenvalue weighted by Crippen LogP contribution is -2.55. The van der Waals surface area contributed by atoms with Gasteiger partial charge in [0, 0.05) is 31.4 Å². The topological polar surface area (TPSA) is 114 Å². The van der Waals surface area contributed by atoms with Crippen molar-refractivity contribution in [3.8, 4) is 11.1 Å². The molecule has 35 heavy (non-hydrogen) atoms. The van der Waals surface area contributed by atoms with E-state index in [9.17, 15) is 19.5 Å². The summed E-state index contributed by atoms with van der Waals surface area (Å²) in [4.78, 5) is 36.7. The van der Waals surface area contributed by atoms with E-state index < -0.39 is 17.6 Å². The van der Waals surface area contributed by atoms with Crippen LogP contribution >= 0.6 is 0 Å². The summed E-state index contributed by atoms with van der Waals surface area (Å²) >= 11 is 0. The van der Waals surface area contributed by atoms with Crippen LogP contribution in [0.2, 0.25) is 0 Å². The van der Waals surface area contributed by atoms with Crippen molar-refractivity contribution in [2.75, 3.05) is 19.8 Å². The first kappa shape index (κ1) is 23.4. The molecular weight excluding hydrogens is 448 g/mol. The lowest BCUT2D eigenvalue weighted by Gasteiger charge is -2.24. The average molecular weight is 479 g/mol. The fourth-order valence-corrected chi connectivity index (χ4v) is 5.66.